The average molecular weight is 273 g/mol. The maximum absolute atomic E-state index is 4.31. The summed E-state index contributed by atoms with van der Waals surface area (Å²) in [6, 6.07) is 22.1. The van der Waals surface area contributed by atoms with Crippen LogP contribution in [-0.4, -0.2) is 16.4 Å². The van der Waals surface area contributed by atoms with Crippen LogP contribution < -0.4 is 0 Å². The molecule has 102 valence electrons. The number of aromatic amines is 1. The molecular formula is C18H15N3. The van der Waals surface area contributed by atoms with E-state index in [0.717, 1.165) is 16.8 Å². The van der Waals surface area contributed by atoms with E-state index in [2.05, 4.69) is 15.2 Å². The Bertz CT molecular complexity index is 740. The summed E-state index contributed by atoms with van der Waals surface area (Å²) in [6.07, 6.45) is 5.67. The minimum atomic E-state index is 0.673. The van der Waals surface area contributed by atoms with Crippen LogP contribution in [0.15, 0.2) is 77.8 Å². The number of nitrogens with zero attached hydrogens (tertiary/aromatic N) is 2. The van der Waals surface area contributed by atoms with Crippen molar-refractivity contribution in [2.75, 3.05) is 0 Å². The molecule has 0 aliphatic rings. The summed E-state index contributed by atoms with van der Waals surface area (Å²) in [5.41, 5.74) is 3.22. The van der Waals surface area contributed by atoms with Crippen LogP contribution in [0.5, 0.6) is 0 Å². The smallest absolute Gasteiger partial charge is 0.174 e. The molecule has 3 rings (SSSR count). The van der Waals surface area contributed by atoms with Crippen LogP contribution in [0, 0.1) is 0 Å². The Hall–Kier alpha value is -2.94. The first-order valence-corrected chi connectivity index (χ1v) is 6.78. The number of benzene rings is 2. The molecule has 0 aliphatic heterocycles. The summed E-state index contributed by atoms with van der Waals surface area (Å²) in [5.74, 6) is 0.673. The van der Waals surface area contributed by atoms with Crippen LogP contribution in [0.4, 0.5) is 5.82 Å². The standard InChI is InChI=1S/C18H15N3/c1-3-8-15(9-4-1)10-7-13-19-18-14-17(20-21-18)16-11-5-2-6-12-16/h1-14H,(H,20,21). The molecule has 0 unspecified atom stereocenters. The van der Waals surface area contributed by atoms with E-state index in [1.807, 2.05) is 78.9 Å². The molecule has 0 fully saturated rings. The maximum atomic E-state index is 4.31. The maximum Gasteiger partial charge on any atom is 0.174 e. The zero-order valence-corrected chi connectivity index (χ0v) is 11.5. The number of H-pyrrole nitrogens is 1. The van der Waals surface area contributed by atoms with E-state index >= 15 is 0 Å². The normalized spacial score (nSPS) is 11.4. The molecule has 3 nitrogen and oxygen atoms in total. The molecule has 0 aliphatic carbocycles. The van der Waals surface area contributed by atoms with E-state index in [4.69, 9.17) is 0 Å². The molecule has 0 saturated carbocycles. The van der Waals surface area contributed by atoms with E-state index < -0.39 is 0 Å². The molecule has 0 bridgehead atoms. The Morgan fingerprint density at radius 1 is 0.905 bits per heavy atom. The Morgan fingerprint density at radius 3 is 2.38 bits per heavy atom. The molecule has 1 N–H and O–H groups in total. The highest BCUT2D eigenvalue weighted by Gasteiger charge is 2.00. The summed E-state index contributed by atoms with van der Waals surface area (Å²) >= 11 is 0. The van der Waals surface area contributed by atoms with E-state index in [-0.39, 0.29) is 0 Å². The van der Waals surface area contributed by atoms with Gasteiger partial charge in [0.25, 0.3) is 0 Å². The van der Waals surface area contributed by atoms with E-state index in [1.54, 1.807) is 6.21 Å². The van der Waals surface area contributed by atoms with E-state index in [9.17, 15) is 0 Å². The predicted octanol–water partition coefficient (Wildman–Crippen LogP) is 4.49. The molecule has 21 heavy (non-hydrogen) atoms. The third-order valence-corrected chi connectivity index (χ3v) is 3.03. The molecule has 3 aromatic rings. The molecular weight excluding hydrogens is 258 g/mol. The fourth-order valence-electron chi connectivity index (χ4n) is 1.98. The van der Waals surface area contributed by atoms with Gasteiger partial charge in [0.05, 0.1) is 5.69 Å². The van der Waals surface area contributed by atoms with Crippen molar-refractivity contribution >= 4 is 18.1 Å². The van der Waals surface area contributed by atoms with Gasteiger partial charge in [0, 0.05) is 12.3 Å². The molecule has 0 saturated heterocycles. The van der Waals surface area contributed by atoms with Crippen molar-refractivity contribution in [2.45, 2.75) is 0 Å². The van der Waals surface area contributed by atoms with Gasteiger partial charge in [-0.3, -0.25) is 5.10 Å². The Balaban J connectivity index is 1.67. The van der Waals surface area contributed by atoms with Crippen molar-refractivity contribution < 1.29 is 0 Å². The fraction of sp³-hybridized carbons (Fsp3) is 0. The number of allylic oxidation sites excluding steroid dienone is 1. The third-order valence-electron chi connectivity index (χ3n) is 3.03. The van der Waals surface area contributed by atoms with Gasteiger partial charge in [-0.2, -0.15) is 5.10 Å². The monoisotopic (exact) mass is 273 g/mol. The lowest BCUT2D eigenvalue weighted by Gasteiger charge is -1.93. The van der Waals surface area contributed by atoms with Gasteiger partial charge in [-0.15, -0.1) is 0 Å². The fourth-order valence-corrected chi connectivity index (χ4v) is 1.98. The molecule has 2 aromatic carbocycles. The second kappa shape index (κ2) is 6.48. The first kappa shape index (κ1) is 13.1. The molecule has 3 heteroatoms. The molecule has 0 amide bonds. The van der Waals surface area contributed by atoms with Crippen LogP contribution in [0.2, 0.25) is 0 Å². The molecule has 0 radical (unpaired) electrons. The highest BCUT2D eigenvalue weighted by molar-refractivity contribution is 5.80. The molecule has 0 atom stereocenters. The van der Waals surface area contributed by atoms with Crippen LogP contribution in [0.1, 0.15) is 5.56 Å². The zero-order valence-electron chi connectivity index (χ0n) is 11.5. The lowest BCUT2D eigenvalue weighted by molar-refractivity contribution is 1.09. The van der Waals surface area contributed by atoms with Crippen molar-refractivity contribution in [1.82, 2.24) is 10.2 Å². The summed E-state index contributed by atoms with van der Waals surface area (Å²) in [7, 11) is 0. The van der Waals surface area contributed by atoms with Crippen LogP contribution in [0.25, 0.3) is 17.3 Å². The van der Waals surface area contributed by atoms with Gasteiger partial charge in [0.2, 0.25) is 0 Å². The average Bonchev–Trinajstić information content (AvgIpc) is 3.02. The first-order valence-electron chi connectivity index (χ1n) is 6.78. The van der Waals surface area contributed by atoms with Gasteiger partial charge in [0.15, 0.2) is 5.82 Å². The number of nitrogens with one attached hydrogen (secondary N) is 1. The lowest BCUT2D eigenvalue weighted by atomic mass is 10.2. The van der Waals surface area contributed by atoms with Crippen LogP contribution in [-0.2, 0) is 0 Å². The number of hydrogen-bond acceptors (Lipinski definition) is 2. The topological polar surface area (TPSA) is 41.0 Å². The van der Waals surface area contributed by atoms with Gasteiger partial charge < -0.3 is 0 Å². The van der Waals surface area contributed by atoms with Gasteiger partial charge in [-0.05, 0) is 17.2 Å². The minimum absolute atomic E-state index is 0.673. The minimum Gasteiger partial charge on any atom is -0.276 e. The van der Waals surface area contributed by atoms with Crippen molar-refractivity contribution in [1.29, 1.82) is 0 Å². The second-order valence-corrected chi connectivity index (χ2v) is 4.55. The number of aliphatic imine (C=N–C) groups is 1. The summed E-state index contributed by atoms with van der Waals surface area (Å²) < 4.78 is 0. The summed E-state index contributed by atoms with van der Waals surface area (Å²) in [4.78, 5) is 4.31. The second-order valence-electron chi connectivity index (χ2n) is 4.55. The van der Waals surface area contributed by atoms with Gasteiger partial charge >= 0.3 is 0 Å². The number of rotatable bonds is 4. The van der Waals surface area contributed by atoms with Gasteiger partial charge in [-0.1, -0.05) is 66.7 Å². The van der Waals surface area contributed by atoms with Crippen molar-refractivity contribution in [2.24, 2.45) is 4.99 Å². The quantitative estimate of drug-likeness (QED) is 0.699. The SMILES string of the molecule is C(=Cc1ccccc1)C=Nc1cc(-c2ccccc2)[nH]n1. The summed E-state index contributed by atoms with van der Waals surface area (Å²) in [6.45, 7) is 0. The van der Waals surface area contributed by atoms with E-state index in [0.29, 0.717) is 5.82 Å². The first-order chi connectivity index (χ1) is 10.4. The largest absolute Gasteiger partial charge is 0.276 e. The van der Waals surface area contributed by atoms with Crippen molar-refractivity contribution in [3.8, 4) is 11.3 Å². The third kappa shape index (κ3) is 3.54. The number of hydrogen-bond donors (Lipinski definition) is 1. The van der Waals surface area contributed by atoms with Crippen LogP contribution >= 0.6 is 0 Å². The van der Waals surface area contributed by atoms with Gasteiger partial charge in [-0.25, -0.2) is 4.99 Å². The summed E-state index contributed by atoms with van der Waals surface area (Å²) in [5, 5.41) is 7.17. The Kier molecular flexibility index (Phi) is 4.03. The predicted molar refractivity (Wildman–Crippen MR) is 87.7 cm³/mol. The van der Waals surface area contributed by atoms with Crippen molar-refractivity contribution in [3.63, 3.8) is 0 Å². The number of aromatic nitrogens is 2. The highest BCUT2D eigenvalue weighted by Crippen LogP contribution is 2.20. The van der Waals surface area contributed by atoms with Crippen LogP contribution in [0.3, 0.4) is 0 Å². The zero-order chi connectivity index (χ0) is 14.3. The Morgan fingerprint density at radius 2 is 1.62 bits per heavy atom. The van der Waals surface area contributed by atoms with Crippen molar-refractivity contribution in [3.05, 3.63) is 78.4 Å². The Labute approximate surface area is 123 Å². The molecule has 1 heterocycles. The molecule has 0 spiro atoms. The highest BCUT2D eigenvalue weighted by atomic mass is 15.2. The van der Waals surface area contributed by atoms with Gasteiger partial charge in [0.1, 0.15) is 0 Å². The molecule has 1 aromatic heterocycles. The van der Waals surface area contributed by atoms with E-state index in [1.165, 1.54) is 0 Å². The lowest BCUT2D eigenvalue weighted by Crippen LogP contribution is -1.75.